The molecule has 1 fully saturated rings. The topological polar surface area (TPSA) is 49.4 Å². The molecule has 4 nitrogen and oxygen atoms in total. The molecular weight excluding hydrogens is 559 g/mol. The highest BCUT2D eigenvalue weighted by atomic mass is 35.5. The minimum Gasteiger partial charge on any atom is -0.352 e. The number of nitrogens with zero attached hydrogens (tertiary/aromatic N) is 1. The van der Waals surface area contributed by atoms with E-state index in [0.717, 1.165) is 36.8 Å². The first-order valence-corrected chi connectivity index (χ1v) is 15.1. The second-order valence-corrected chi connectivity index (χ2v) is 11.7. The molecule has 8 heteroatoms. The summed E-state index contributed by atoms with van der Waals surface area (Å²) in [5.41, 5.74) is 2.57. The molecule has 0 aromatic heterocycles. The number of rotatable bonds is 11. The summed E-state index contributed by atoms with van der Waals surface area (Å²) in [7, 11) is 0. The maximum atomic E-state index is 13.8. The first-order chi connectivity index (χ1) is 18.4. The number of carbonyl (C=O) groups is 2. The van der Waals surface area contributed by atoms with E-state index in [1.54, 1.807) is 23.1 Å². The Labute approximate surface area is 244 Å². The third-order valence-corrected chi connectivity index (χ3v) is 8.85. The zero-order valence-corrected chi connectivity index (χ0v) is 24.1. The van der Waals surface area contributed by atoms with Gasteiger partial charge in [0.1, 0.15) is 6.04 Å². The van der Waals surface area contributed by atoms with E-state index in [9.17, 15) is 9.59 Å². The van der Waals surface area contributed by atoms with E-state index in [0.29, 0.717) is 32.8 Å². The predicted molar refractivity (Wildman–Crippen MR) is 159 cm³/mol. The highest BCUT2D eigenvalue weighted by molar-refractivity contribution is 7.99. The van der Waals surface area contributed by atoms with Crippen molar-refractivity contribution in [2.75, 3.05) is 5.75 Å². The van der Waals surface area contributed by atoms with Crippen LogP contribution in [0.4, 0.5) is 0 Å². The second-order valence-electron chi connectivity index (χ2n) is 9.50. The Bertz CT molecular complexity index is 1210. The van der Waals surface area contributed by atoms with Crippen LogP contribution in [0.25, 0.3) is 0 Å². The lowest BCUT2D eigenvalue weighted by molar-refractivity contribution is -0.139. The molecule has 38 heavy (non-hydrogen) atoms. The highest BCUT2D eigenvalue weighted by Gasteiger charge is 2.32. The van der Waals surface area contributed by atoms with Gasteiger partial charge in [-0.3, -0.25) is 9.59 Å². The first-order valence-electron chi connectivity index (χ1n) is 12.8. The molecule has 0 aliphatic heterocycles. The molecule has 1 atom stereocenters. The monoisotopic (exact) mass is 588 g/mol. The lowest BCUT2D eigenvalue weighted by atomic mass is 10.0. The second kappa shape index (κ2) is 14.3. The summed E-state index contributed by atoms with van der Waals surface area (Å²) >= 11 is 20.8. The van der Waals surface area contributed by atoms with Gasteiger partial charge < -0.3 is 10.2 Å². The van der Waals surface area contributed by atoms with Crippen LogP contribution >= 0.6 is 46.6 Å². The van der Waals surface area contributed by atoms with Gasteiger partial charge in [-0.15, -0.1) is 11.8 Å². The fourth-order valence-corrected chi connectivity index (χ4v) is 6.43. The summed E-state index contributed by atoms with van der Waals surface area (Å²) < 4.78 is 0. The largest absolute Gasteiger partial charge is 0.352 e. The quantitative estimate of drug-likeness (QED) is 0.251. The summed E-state index contributed by atoms with van der Waals surface area (Å²) in [4.78, 5) is 29.2. The number of hydrogen-bond donors (Lipinski definition) is 1. The van der Waals surface area contributed by atoms with Crippen LogP contribution in [0.3, 0.4) is 0 Å². The van der Waals surface area contributed by atoms with Gasteiger partial charge in [-0.05, 0) is 42.2 Å². The average molecular weight is 590 g/mol. The lowest BCUT2D eigenvalue weighted by Gasteiger charge is -2.33. The van der Waals surface area contributed by atoms with Gasteiger partial charge in [-0.1, -0.05) is 102 Å². The number of amides is 2. The number of carbonyl (C=O) groups excluding carboxylic acids is 2. The van der Waals surface area contributed by atoms with Crippen LogP contribution in [0.15, 0.2) is 72.8 Å². The normalized spacial score (nSPS) is 14.3. The van der Waals surface area contributed by atoms with Crippen LogP contribution in [-0.4, -0.2) is 34.6 Å². The minimum atomic E-state index is -0.709. The van der Waals surface area contributed by atoms with Crippen LogP contribution < -0.4 is 5.32 Å². The van der Waals surface area contributed by atoms with Crippen LogP contribution in [-0.2, 0) is 28.3 Å². The summed E-state index contributed by atoms with van der Waals surface area (Å²) in [6.45, 7) is 0.138. The van der Waals surface area contributed by atoms with Gasteiger partial charge >= 0.3 is 0 Å². The van der Waals surface area contributed by atoms with Crippen molar-refractivity contribution in [3.05, 3.63) is 105 Å². The number of benzene rings is 3. The van der Waals surface area contributed by atoms with Crippen molar-refractivity contribution in [2.24, 2.45) is 0 Å². The van der Waals surface area contributed by atoms with Crippen molar-refractivity contribution in [2.45, 2.75) is 56.5 Å². The predicted octanol–water partition coefficient (Wildman–Crippen LogP) is 7.58. The molecule has 3 aromatic rings. The molecule has 0 unspecified atom stereocenters. The van der Waals surface area contributed by atoms with Crippen molar-refractivity contribution >= 4 is 58.4 Å². The Hall–Kier alpha value is -2.18. The molecular formula is C30H31Cl3N2O2S. The number of thioether (sulfide) groups is 1. The number of nitrogens with one attached hydrogen (secondary N) is 1. The molecule has 0 bridgehead atoms. The fraction of sp³-hybridized carbons (Fsp3) is 0.333. The molecule has 0 spiro atoms. The molecule has 2 amide bonds. The zero-order valence-electron chi connectivity index (χ0n) is 21.0. The van der Waals surface area contributed by atoms with Gasteiger partial charge in [0.2, 0.25) is 11.8 Å². The maximum absolute atomic E-state index is 13.8. The first kappa shape index (κ1) is 28.8. The Kier molecular flexibility index (Phi) is 10.8. The Morgan fingerprint density at radius 3 is 2.18 bits per heavy atom. The molecule has 0 heterocycles. The molecule has 3 aromatic carbocycles. The average Bonchev–Trinajstić information content (AvgIpc) is 3.42. The molecule has 1 aliphatic carbocycles. The van der Waals surface area contributed by atoms with Crippen LogP contribution in [0.1, 0.15) is 42.4 Å². The van der Waals surface area contributed by atoms with E-state index < -0.39 is 6.04 Å². The summed E-state index contributed by atoms with van der Waals surface area (Å²) in [6, 6.07) is 22.1. The SMILES string of the molecule is O=C(NC1CCCC1)[C@@H](Cc1ccccc1)N(Cc1c(Cl)cccc1Cl)C(=O)CSCc1ccccc1Cl. The third kappa shape index (κ3) is 7.92. The standard InChI is InChI=1S/C30H31Cl3N2O2S/c31-25-14-7-4-11-22(25)19-38-20-29(36)35(18-24-26(32)15-8-16-27(24)33)28(17-21-9-2-1-3-10-21)30(37)34-23-12-5-6-13-23/h1-4,7-11,14-16,23,28H,5-6,12-13,17-20H2,(H,34,37)/t28-/m1/s1. The van der Waals surface area contributed by atoms with Gasteiger partial charge in [0.15, 0.2) is 0 Å². The molecule has 1 saturated carbocycles. The lowest BCUT2D eigenvalue weighted by Crippen LogP contribution is -2.52. The molecule has 1 aliphatic rings. The Balaban J connectivity index is 1.61. The maximum Gasteiger partial charge on any atom is 0.243 e. The van der Waals surface area contributed by atoms with Crippen LogP contribution in [0.5, 0.6) is 0 Å². The number of hydrogen-bond acceptors (Lipinski definition) is 3. The van der Waals surface area contributed by atoms with Gasteiger partial charge in [0.05, 0.1) is 5.75 Å². The summed E-state index contributed by atoms with van der Waals surface area (Å²) in [5.74, 6) is 0.480. The molecule has 0 radical (unpaired) electrons. The summed E-state index contributed by atoms with van der Waals surface area (Å²) in [6.07, 6.45) is 4.52. The van der Waals surface area contributed by atoms with Crippen molar-refractivity contribution in [3.8, 4) is 0 Å². The van der Waals surface area contributed by atoms with Gasteiger partial charge in [0, 0.05) is 45.4 Å². The van der Waals surface area contributed by atoms with Gasteiger partial charge in [-0.25, -0.2) is 0 Å². The van der Waals surface area contributed by atoms with E-state index in [-0.39, 0.29) is 30.2 Å². The zero-order chi connectivity index (χ0) is 26.9. The molecule has 0 saturated heterocycles. The van der Waals surface area contributed by atoms with Crippen LogP contribution in [0, 0.1) is 0 Å². The minimum absolute atomic E-state index is 0.135. The molecule has 200 valence electrons. The van der Waals surface area contributed by atoms with E-state index >= 15 is 0 Å². The van der Waals surface area contributed by atoms with E-state index in [4.69, 9.17) is 34.8 Å². The van der Waals surface area contributed by atoms with E-state index in [2.05, 4.69) is 5.32 Å². The van der Waals surface area contributed by atoms with Crippen molar-refractivity contribution in [1.82, 2.24) is 10.2 Å². The van der Waals surface area contributed by atoms with Gasteiger partial charge in [0.25, 0.3) is 0 Å². The smallest absolute Gasteiger partial charge is 0.243 e. The van der Waals surface area contributed by atoms with Crippen molar-refractivity contribution in [3.63, 3.8) is 0 Å². The number of halogens is 3. The van der Waals surface area contributed by atoms with Crippen molar-refractivity contribution < 1.29 is 9.59 Å². The fourth-order valence-electron chi connectivity index (χ4n) is 4.72. The Morgan fingerprint density at radius 2 is 1.50 bits per heavy atom. The molecule has 4 rings (SSSR count). The van der Waals surface area contributed by atoms with Crippen molar-refractivity contribution in [1.29, 1.82) is 0 Å². The third-order valence-electron chi connectivity index (χ3n) is 6.80. The molecule has 1 N–H and O–H groups in total. The highest BCUT2D eigenvalue weighted by Crippen LogP contribution is 2.28. The van der Waals surface area contributed by atoms with Gasteiger partial charge in [-0.2, -0.15) is 0 Å². The van der Waals surface area contributed by atoms with E-state index in [1.807, 2.05) is 54.6 Å². The summed E-state index contributed by atoms with van der Waals surface area (Å²) in [5, 5.41) is 4.82. The Morgan fingerprint density at radius 1 is 0.868 bits per heavy atom. The van der Waals surface area contributed by atoms with Crippen LogP contribution in [0.2, 0.25) is 15.1 Å². The van der Waals surface area contributed by atoms with E-state index in [1.165, 1.54) is 11.8 Å².